The minimum atomic E-state index is -1.20. The Kier molecular flexibility index (Phi) is 4.55. The van der Waals surface area contributed by atoms with E-state index in [-0.39, 0.29) is 18.0 Å². The van der Waals surface area contributed by atoms with Gasteiger partial charge in [-0.25, -0.2) is 0 Å². The molecule has 124 valence electrons. The highest BCUT2D eigenvalue weighted by Crippen LogP contribution is 2.49. The second-order valence-corrected chi connectivity index (χ2v) is 7.76. The average molecular weight is 381 g/mol. The van der Waals surface area contributed by atoms with Crippen LogP contribution in [0, 0.1) is 29.1 Å². The molecule has 0 radical (unpaired) electrons. The lowest BCUT2D eigenvalue weighted by atomic mass is 9.67. The van der Waals surface area contributed by atoms with Crippen LogP contribution in [0.25, 0.3) is 0 Å². The first-order valence-corrected chi connectivity index (χ1v) is 9.03. The quantitative estimate of drug-likeness (QED) is 0.517. The topological polar surface area (TPSA) is 52.6 Å². The number of halogens is 1. The van der Waals surface area contributed by atoms with Gasteiger partial charge in [-0.05, 0) is 31.3 Å². The molecule has 3 aliphatic heterocycles. The van der Waals surface area contributed by atoms with Gasteiger partial charge in [-0.2, -0.15) is 0 Å². The van der Waals surface area contributed by atoms with Gasteiger partial charge in [0.05, 0.1) is 5.92 Å². The van der Waals surface area contributed by atoms with Crippen LogP contribution in [-0.4, -0.2) is 24.1 Å². The van der Waals surface area contributed by atoms with E-state index in [4.69, 9.17) is 9.47 Å². The number of esters is 2. The zero-order chi connectivity index (χ0) is 16.6. The first-order chi connectivity index (χ1) is 10.9. The second kappa shape index (κ2) is 6.32. The van der Waals surface area contributed by atoms with Gasteiger partial charge in [0, 0.05) is 17.3 Å². The van der Waals surface area contributed by atoms with E-state index in [9.17, 15) is 9.59 Å². The molecule has 1 fully saturated rings. The number of carbonyl (C=O) groups excluding carboxylic acids is 2. The monoisotopic (exact) mass is 380 g/mol. The number of fused-ring (bicyclic) bond motifs is 1. The van der Waals surface area contributed by atoms with Crippen LogP contribution in [0.15, 0.2) is 10.6 Å². The Morgan fingerprint density at radius 2 is 2.09 bits per heavy atom. The Morgan fingerprint density at radius 1 is 1.30 bits per heavy atom. The molecule has 4 rings (SSSR count). The van der Waals surface area contributed by atoms with Crippen molar-refractivity contribution in [2.24, 2.45) is 17.3 Å². The number of carbonyl (C=O) groups is 2. The highest BCUT2D eigenvalue weighted by Gasteiger charge is 2.58. The lowest BCUT2D eigenvalue weighted by Crippen LogP contribution is -2.53. The molecule has 4 nitrogen and oxygen atoms in total. The van der Waals surface area contributed by atoms with Crippen molar-refractivity contribution in [1.82, 2.24) is 0 Å². The summed E-state index contributed by atoms with van der Waals surface area (Å²) in [7, 11) is 0. The summed E-state index contributed by atoms with van der Waals surface area (Å²) < 4.78 is 12.0. The first kappa shape index (κ1) is 16.6. The summed E-state index contributed by atoms with van der Waals surface area (Å²) in [4.78, 5) is 25.3. The third-order valence-electron chi connectivity index (χ3n) is 4.89. The number of rotatable bonds is 1. The summed E-state index contributed by atoms with van der Waals surface area (Å²) in [6.45, 7) is 4.11. The molecule has 4 atom stereocenters. The van der Waals surface area contributed by atoms with Gasteiger partial charge in [-0.1, -0.05) is 35.7 Å². The molecule has 0 aromatic rings. The fraction of sp³-hybridized carbons (Fsp3) is 0.667. The maximum atomic E-state index is 12.8. The van der Waals surface area contributed by atoms with Crippen LogP contribution in [-0.2, 0) is 19.1 Å². The van der Waals surface area contributed by atoms with Gasteiger partial charge in [0.15, 0.2) is 5.41 Å². The van der Waals surface area contributed by atoms with Crippen molar-refractivity contribution in [3.63, 3.8) is 0 Å². The second-order valence-electron chi connectivity index (χ2n) is 6.85. The van der Waals surface area contributed by atoms with Crippen molar-refractivity contribution in [1.29, 1.82) is 0 Å². The highest BCUT2D eigenvalue weighted by atomic mass is 79.9. The third kappa shape index (κ3) is 2.94. The SMILES string of the molecule is CC(C)[C@@H]1CCCCC#C[C@@]23C=C(Br)[C@@H](C[C@H]2C(=O)O1)OC3=O. The van der Waals surface area contributed by atoms with Crippen LogP contribution in [0.3, 0.4) is 0 Å². The summed E-state index contributed by atoms with van der Waals surface area (Å²) in [5, 5.41) is 0. The predicted octanol–water partition coefficient (Wildman–Crippen LogP) is 3.34. The number of hydrogen-bond donors (Lipinski definition) is 0. The maximum absolute atomic E-state index is 12.8. The van der Waals surface area contributed by atoms with E-state index in [1.165, 1.54) is 0 Å². The largest absolute Gasteiger partial charge is 0.462 e. The van der Waals surface area contributed by atoms with Crippen LogP contribution in [0.5, 0.6) is 0 Å². The Balaban J connectivity index is 1.99. The molecule has 0 unspecified atom stereocenters. The number of hydrogen-bond acceptors (Lipinski definition) is 4. The summed E-state index contributed by atoms with van der Waals surface area (Å²) in [6, 6.07) is 0. The Bertz CT molecular complexity index is 612. The summed E-state index contributed by atoms with van der Waals surface area (Å²) in [6.07, 6.45) is 5.16. The van der Waals surface area contributed by atoms with Crippen LogP contribution in [0.2, 0.25) is 0 Å². The van der Waals surface area contributed by atoms with Crippen molar-refractivity contribution in [2.75, 3.05) is 0 Å². The van der Waals surface area contributed by atoms with Crippen molar-refractivity contribution >= 4 is 27.9 Å². The average Bonchev–Trinajstić information content (AvgIpc) is 2.52. The molecular weight excluding hydrogens is 360 g/mol. The maximum Gasteiger partial charge on any atom is 0.329 e. The summed E-state index contributed by atoms with van der Waals surface area (Å²) in [5.41, 5.74) is -1.20. The fourth-order valence-corrected chi connectivity index (χ4v) is 4.08. The first-order valence-electron chi connectivity index (χ1n) is 8.24. The standard InChI is InChI=1S/C18H21BrO4/c1-11(2)14-7-5-3-4-6-8-18-10-13(19)15(23-17(18)21)9-12(18)16(20)22-14/h10-12,14-15H,3-5,7,9H2,1-2H3/t12-,14-,15+,18+/m0/s1. The van der Waals surface area contributed by atoms with Gasteiger partial charge in [0.2, 0.25) is 0 Å². The predicted molar refractivity (Wildman–Crippen MR) is 88.4 cm³/mol. The van der Waals surface area contributed by atoms with E-state index in [0.29, 0.717) is 6.42 Å². The molecular formula is C18H21BrO4. The molecule has 5 heteroatoms. The van der Waals surface area contributed by atoms with E-state index in [1.807, 2.05) is 0 Å². The van der Waals surface area contributed by atoms with Crippen LogP contribution >= 0.6 is 15.9 Å². The van der Waals surface area contributed by atoms with Crippen LogP contribution in [0.4, 0.5) is 0 Å². The van der Waals surface area contributed by atoms with Crippen LogP contribution in [0.1, 0.15) is 46.0 Å². The lowest BCUT2D eigenvalue weighted by molar-refractivity contribution is -0.180. The van der Waals surface area contributed by atoms with E-state index < -0.39 is 23.4 Å². The van der Waals surface area contributed by atoms with Crippen molar-refractivity contribution in [3.05, 3.63) is 10.6 Å². The van der Waals surface area contributed by atoms with E-state index >= 15 is 0 Å². The fourth-order valence-electron chi connectivity index (χ4n) is 3.44. The highest BCUT2D eigenvalue weighted by molar-refractivity contribution is 9.11. The molecule has 1 aliphatic carbocycles. The van der Waals surface area contributed by atoms with Gasteiger partial charge in [0.1, 0.15) is 12.2 Å². The molecule has 0 amide bonds. The molecule has 0 N–H and O–H groups in total. The van der Waals surface area contributed by atoms with E-state index in [1.54, 1.807) is 6.08 Å². The smallest absolute Gasteiger partial charge is 0.329 e. The number of ether oxygens (including phenoxy) is 2. The molecule has 1 spiro atoms. The zero-order valence-electron chi connectivity index (χ0n) is 13.4. The third-order valence-corrected chi connectivity index (χ3v) is 5.63. The lowest BCUT2D eigenvalue weighted by Gasteiger charge is -2.43. The Hall–Kier alpha value is -1.28. The van der Waals surface area contributed by atoms with Crippen molar-refractivity contribution < 1.29 is 19.1 Å². The van der Waals surface area contributed by atoms with Gasteiger partial charge >= 0.3 is 11.9 Å². The molecule has 0 aromatic heterocycles. The van der Waals surface area contributed by atoms with Gasteiger partial charge < -0.3 is 9.47 Å². The summed E-state index contributed by atoms with van der Waals surface area (Å²) >= 11 is 3.44. The molecule has 4 aliphatic rings. The van der Waals surface area contributed by atoms with E-state index in [2.05, 4.69) is 41.6 Å². The Labute approximate surface area is 145 Å². The van der Waals surface area contributed by atoms with E-state index in [0.717, 1.165) is 30.2 Å². The van der Waals surface area contributed by atoms with Gasteiger partial charge in [0.25, 0.3) is 0 Å². The van der Waals surface area contributed by atoms with Gasteiger partial charge in [-0.15, -0.1) is 5.92 Å². The number of cyclic esters (lactones) is 1. The zero-order valence-corrected chi connectivity index (χ0v) is 15.0. The van der Waals surface area contributed by atoms with Crippen molar-refractivity contribution in [3.8, 4) is 11.8 Å². The van der Waals surface area contributed by atoms with Crippen LogP contribution < -0.4 is 0 Å². The normalized spacial score (nSPS) is 36.9. The van der Waals surface area contributed by atoms with Crippen molar-refractivity contribution in [2.45, 2.75) is 58.2 Å². The molecule has 3 heterocycles. The van der Waals surface area contributed by atoms with Gasteiger partial charge in [-0.3, -0.25) is 9.59 Å². The molecule has 2 bridgehead atoms. The molecule has 1 saturated heterocycles. The molecule has 23 heavy (non-hydrogen) atoms. The Morgan fingerprint density at radius 3 is 2.83 bits per heavy atom. The molecule has 0 aromatic carbocycles. The minimum absolute atomic E-state index is 0.110. The summed E-state index contributed by atoms with van der Waals surface area (Å²) in [5.74, 6) is 5.06. The molecule has 0 saturated carbocycles. The minimum Gasteiger partial charge on any atom is -0.462 e.